The average Bonchev–Trinajstić information content (AvgIpc) is 3.23. The Kier molecular flexibility index (Phi) is 5.20. The van der Waals surface area contributed by atoms with E-state index in [1.165, 1.54) is 10.5 Å². The smallest absolute Gasteiger partial charge is 0.231 e. The quantitative estimate of drug-likeness (QED) is 0.580. The molecule has 5 rings (SSSR count). The standard InChI is InChI=1S/C25H29N3O3/c1-16-4-5-17(2)24-23(16)25(29)20(18(3)26-24)14-28-10-8-27(9-11-28)13-19-6-7-21-22(12-19)31-15-30-21/h4-7,12H,8-11,13-15H2,1-3H3,(H,26,29)/p+2. The summed E-state index contributed by atoms with van der Waals surface area (Å²) in [6, 6.07) is 10.4. The van der Waals surface area contributed by atoms with E-state index in [2.05, 4.69) is 36.2 Å². The number of pyridine rings is 1. The lowest BCUT2D eigenvalue weighted by molar-refractivity contribution is -1.02. The number of piperazine rings is 1. The topological polar surface area (TPSA) is 60.2 Å². The highest BCUT2D eigenvalue weighted by atomic mass is 16.7. The molecule has 2 aliphatic heterocycles. The Morgan fingerprint density at radius 2 is 1.55 bits per heavy atom. The third kappa shape index (κ3) is 3.82. The zero-order valence-electron chi connectivity index (χ0n) is 18.6. The number of benzene rings is 2. The predicted molar refractivity (Wildman–Crippen MR) is 120 cm³/mol. The summed E-state index contributed by atoms with van der Waals surface area (Å²) in [6.45, 7) is 12.6. The van der Waals surface area contributed by atoms with E-state index < -0.39 is 0 Å². The third-order valence-electron chi connectivity index (χ3n) is 6.87. The predicted octanol–water partition coefficient (Wildman–Crippen LogP) is 0.666. The summed E-state index contributed by atoms with van der Waals surface area (Å²) >= 11 is 0. The minimum atomic E-state index is 0.204. The van der Waals surface area contributed by atoms with Crippen molar-refractivity contribution in [1.82, 2.24) is 4.98 Å². The van der Waals surface area contributed by atoms with E-state index >= 15 is 0 Å². The van der Waals surface area contributed by atoms with Gasteiger partial charge in [-0.15, -0.1) is 0 Å². The van der Waals surface area contributed by atoms with Crippen molar-refractivity contribution in [2.45, 2.75) is 33.9 Å². The molecule has 0 saturated carbocycles. The van der Waals surface area contributed by atoms with E-state index in [-0.39, 0.29) is 5.43 Å². The highest BCUT2D eigenvalue weighted by Crippen LogP contribution is 2.32. The van der Waals surface area contributed by atoms with Crippen molar-refractivity contribution in [3.63, 3.8) is 0 Å². The summed E-state index contributed by atoms with van der Waals surface area (Å²) in [5.74, 6) is 1.70. The van der Waals surface area contributed by atoms with Crippen LogP contribution < -0.4 is 24.7 Å². The van der Waals surface area contributed by atoms with Crippen molar-refractivity contribution >= 4 is 10.9 Å². The van der Waals surface area contributed by atoms with Gasteiger partial charge in [0.1, 0.15) is 39.3 Å². The van der Waals surface area contributed by atoms with Gasteiger partial charge in [-0.25, -0.2) is 0 Å². The van der Waals surface area contributed by atoms with E-state index in [4.69, 9.17) is 9.47 Å². The summed E-state index contributed by atoms with van der Waals surface area (Å²) in [5.41, 5.74) is 6.60. The van der Waals surface area contributed by atoms with Crippen molar-refractivity contribution in [3.8, 4) is 11.5 Å². The molecule has 0 unspecified atom stereocenters. The lowest BCUT2D eigenvalue weighted by Gasteiger charge is -2.30. The number of H-pyrrole nitrogens is 1. The van der Waals surface area contributed by atoms with Crippen LogP contribution in [0, 0.1) is 20.8 Å². The van der Waals surface area contributed by atoms with Gasteiger partial charge in [0.2, 0.25) is 6.79 Å². The molecule has 3 heterocycles. The second-order valence-corrected chi connectivity index (χ2v) is 9.05. The molecule has 1 saturated heterocycles. The van der Waals surface area contributed by atoms with Crippen molar-refractivity contribution in [2.75, 3.05) is 33.0 Å². The molecule has 0 amide bonds. The van der Waals surface area contributed by atoms with E-state index in [1.807, 2.05) is 19.9 Å². The molecule has 0 radical (unpaired) electrons. The van der Waals surface area contributed by atoms with E-state index in [9.17, 15) is 4.79 Å². The molecule has 6 heteroatoms. The second kappa shape index (κ2) is 8.02. The molecule has 2 aromatic carbocycles. The fourth-order valence-electron chi connectivity index (χ4n) is 4.96. The first-order chi connectivity index (χ1) is 15.0. The van der Waals surface area contributed by atoms with Crippen LogP contribution in [0.5, 0.6) is 11.5 Å². The van der Waals surface area contributed by atoms with Gasteiger partial charge in [0.15, 0.2) is 16.9 Å². The zero-order valence-corrected chi connectivity index (χ0v) is 18.6. The van der Waals surface area contributed by atoms with Gasteiger partial charge in [-0.2, -0.15) is 0 Å². The minimum absolute atomic E-state index is 0.204. The Labute approximate surface area is 182 Å². The van der Waals surface area contributed by atoms with Crippen LogP contribution in [0.4, 0.5) is 0 Å². The molecule has 1 fully saturated rings. The highest BCUT2D eigenvalue weighted by Gasteiger charge is 2.26. The SMILES string of the molecule is Cc1[nH]c2c(C)ccc(C)c2c(=O)c1C[NH+]1CC[NH+](Cc2ccc3c(c2)OCO3)CC1. The molecule has 0 spiro atoms. The van der Waals surface area contributed by atoms with E-state index in [0.29, 0.717) is 6.79 Å². The molecule has 0 bridgehead atoms. The molecular weight excluding hydrogens is 390 g/mol. The third-order valence-corrected chi connectivity index (χ3v) is 6.87. The van der Waals surface area contributed by atoms with Crippen LogP contribution in [0.2, 0.25) is 0 Å². The van der Waals surface area contributed by atoms with Gasteiger partial charge in [-0.05, 0) is 50.1 Å². The number of hydrogen-bond acceptors (Lipinski definition) is 3. The maximum absolute atomic E-state index is 13.3. The van der Waals surface area contributed by atoms with Gasteiger partial charge in [0.25, 0.3) is 0 Å². The molecular formula is C25H31N3O3+2. The summed E-state index contributed by atoms with van der Waals surface area (Å²) in [7, 11) is 0. The molecule has 2 aliphatic rings. The molecule has 6 nitrogen and oxygen atoms in total. The number of aryl methyl sites for hydroxylation is 3. The van der Waals surface area contributed by atoms with Gasteiger partial charge in [-0.1, -0.05) is 12.1 Å². The first-order valence-electron chi connectivity index (χ1n) is 11.2. The molecule has 3 aromatic rings. The Balaban J connectivity index is 1.27. The van der Waals surface area contributed by atoms with Crippen LogP contribution in [0.15, 0.2) is 35.1 Å². The summed E-state index contributed by atoms with van der Waals surface area (Å²) in [6.07, 6.45) is 0. The molecule has 162 valence electrons. The average molecular weight is 422 g/mol. The Bertz CT molecular complexity index is 1190. The molecule has 3 N–H and O–H groups in total. The second-order valence-electron chi connectivity index (χ2n) is 9.05. The van der Waals surface area contributed by atoms with Crippen molar-refractivity contribution in [3.05, 3.63) is 68.5 Å². The Hall–Kier alpha value is -2.83. The summed E-state index contributed by atoms with van der Waals surface area (Å²) in [5, 5.41) is 0.854. The maximum Gasteiger partial charge on any atom is 0.231 e. The number of aromatic nitrogens is 1. The van der Waals surface area contributed by atoms with Crippen LogP contribution in [0.25, 0.3) is 10.9 Å². The highest BCUT2D eigenvalue weighted by molar-refractivity contribution is 5.85. The van der Waals surface area contributed by atoms with Crippen LogP contribution in [0.3, 0.4) is 0 Å². The number of quaternary nitrogens is 2. The normalized spacial score (nSPS) is 20.4. The first-order valence-corrected chi connectivity index (χ1v) is 11.2. The summed E-state index contributed by atoms with van der Waals surface area (Å²) in [4.78, 5) is 19.9. The largest absolute Gasteiger partial charge is 0.454 e. The van der Waals surface area contributed by atoms with Gasteiger partial charge in [-0.3, -0.25) is 4.79 Å². The molecule has 31 heavy (non-hydrogen) atoms. The van der Waals surface area contributed by atoms with Crippen LogP contribution in [0.1, 0.15) is 27.9 Å². The van der Waals surface area contributed by atoms with Crippen molar-refractivity contribution in [1.29, 1.82) is 0 Å². The van der Waals surface area contributed by atoms with Crippen molar-refractivity contribution in [2.24, 2.45) is 0 Å². The lowest BCUT2D eigenvalue weighted by Crippen LogP contribution is -3.27. The number of aromatic amines is 1. The van der Waals surface area contributed by atoms with Gasteiger partial charge in [0, 0.05) is 16.6 Å². The number of rotatable bonds is 4. The van der Waals surface area contributed by atoms with Gasteiger partial charge >= 0.3 is 0 Å². The van der Waals surface area contributed by atoms with Crippen molar-refractivity contribution < 1.29 is 19.3 Å². The van der Waals surface area contributed by atoms with Gasteiger partial charge in [0.05, 0.1) is 11.1 Å². The number of hydrogen-bond donors (Lipinski definition) is 3. The van der Waals surface area contributed by atoms with Crippen LogP contribution in [-0.2, 0) is 13.1 Å². The number of ether oxygens (including phenoxy) is 2. The fraction of sp³-hybridized carbons (Fsp3) is 0.400. The Morgan fingerprint density at radius 1 is 0.871 bits per heavy atom. The van der Waals surface area contributed by atoms with Crippen LogP contribution in [-0.4, -0.2) is 38.0 Å². The fourth-order valence-corrected chi connectivity index (χ4v) is 4.96. The lowest BCUT2D eigenvalue weighted by atomic mass is 10.0. The number of fused-ring (bicyclic) bond motifs is 2. The van der Waals surface area contributed by atoms with Crippen LogP contribution >= 0.6 is 0 Å². The molecule has 1 aromatic heterocycles. The zero-order chi connectivity index (χ0) is 21.5. The molecule has 0 atom stereocenters. The number of nitrogens with one attached hydrogen (secondary N) is 3. The monoisotopic (exact) mass is 421 g/mol. The molecule has 0 aliphatic carbocycles. The van der Waals surface area contributed by atoms with E-state index in [0.717, 1.165) is 84.1 Å². The Morgan fingerprint density at radius 3 is 2.32 bits per heavy atom. The minimum Gasteiger partial charge on any atom is -0.454 e. The first kappa shape index (κ1) is 20.1. The summed E-state index contributed by atoms with van der Waals surface area (Å²) < 4.78 is 10.9. The van der Waals surface area contributed by atoms with E-state index in [1.54, 1.807) is 4.90 Å². The van der Waals surface area contributed by atoms with Gasteiger partial charge < -0.3 is 24.3 Å². The maximum atomic E-state index is 13.3.